The van der Waals surface area contributed by atoms with Gasteiger partial charge in [0, 0.05) is 19.1 Å². The summed E-state index contributed by atoms with van der Waals surface area (Å²) in [6.07, 6.45) is 0. The Kier molecular flexibility index (Phi) is 4.94. The molecule has 0 aliphatic heterocycles. The fourth-order valence-electron chi connectivity index (χ4n) is 2.44. The van der Waals surface area contributed by atoms with E-state index in [0.29, 0.717) is 0 Å². The van der Waals surface area contributed by atoms with Crippen molar-refractivity contribution in [2.75, 3.05) is 13.6 Å². The van der Waals surface area contributed by atoms with Crippen molar-refractivity contribution in [1.29, 1.82) is 0 Å². The summed E-state index contributed by atoms with van der Waals surface area (Å²) in [7, 11) is 2.12. The summed E-state index contributed by atoms with van der Waals surface area (Å²) in [4.78, 5) is 2.28. The number of hydrogen-bond donors (Lipinski definition) is 1. The molecule has 2 aromatic rings. The molecule has 0 aromatic heterocycles. The monoisotopic (exact) mass is 268 g/mol. The highest BCUT2D eigenvalue weighted by Crippen LogP contribution is 2.14. The highest BCUT2D eigenvalue weighted by atomic mass is 15.1. The van der Waals surface area contributed by atoms with Gasteiger partial charge >= 0.3 is 0 Å². The van der Waals surface area contributed by atoms with Crippen molar-refractivity contribution in [3.63, 3.8) is 0 Å². The molecule has 0 radical (unpaired) electrons. The van der Waals surface area contributed by atoms with E-state index in [-0.39, 0.29) is 6.04 Å². The summed E-state index contributed by atoms with van der Waals surface area (Å²) in [5, 5.41) is 0. The first-order chi connectivity index (χ1) is 9.54. The number of aryl methyl sites for hydroxylation is 2. The third kappa shape index (κ3) is 4.19. The highest BCUT2D eigenvalue weighted by molar-refractivity contribution is 5.24. The molecule has 0 aliphatic rings. The summed E-state index contributed by atoms with van der Waals surface area (Å²) in [5.41, 5.74) is 11.4. The van der Waals surface area contributed by atoms with Crippen LogP contribution in [0.1, 0.15) is 28.3 Å². The molecule has 106 valence electrons. The summed E-state index contributed by atoms with van der Waals surface area (Å²) < 4.78 is 0. The fourth-order valence-corrected chi connectivity index (χ4v) is 2.44. The second-order valence-electron chi connectivity index (χ2n) is 5.70. The highest BCUT2D eigenvalue weighted by Gasteiger charge is 2.09. The molecule has 2 heteroatoms. The molecule has 0 fully saturated rings. The number of likely N-dealkylation sites (N-methyl/N-ethyl adjacent to an activating group) is 1. The van der Waals surface area contributed by atoms with Gasteiger partial charge in [0.15, 0.2) is 0 Å². The molecule has 2 N–H and O–H groups in total. The average molecular weight is 268 g/mol. The predicted octanol–water partition coefficient (Wildman–Crippen LogP) is 3.44. The van der Waals surface area contributed by atoms with Gasteiger partial charge in [0.1, 0.15) is 0 Å². The maximum atomic E-state index is 6.29. The summed E-state index contributed by atoms with van der Waals surface area (Å²) >= 11 is 0. The molecule has 0 amide bonds. The average Bonchev–Trinajstić information content (AvgIpc) is 2.39. The number of benzene rings is 2. The Bertz CT molecular complexity index is 546. The zero-order valence-corrected chi connectivity index (χ0v) is 12.6. The van der Waals surface area contributed by atoms with E-state index in [2.05, 4.69) is 74.3 Å². The summed E-state index contributed by atoms with van der Waals surface area (Å²) in [6, 6.07) is 17.2. The SMILES string of the molecule is Cc1ccc(C(N)CN(C)Cc2cccc(C)c2)cc1. The molecule has 0 saturated carbocycles. The molecule has 0 saturated heterocycles. The van der Waals surface area contributed by atoms with E-state index in [1.165, 1.54) is 22.3 Å². The van der Waals surface area contributed by atoms with Crippen LogP contribution in [0, 0.1) is 13.8 Å². The van der Waals surface area contributed by atoms with Crippen LogP contribution in [0.5, 0.6) is 0 Å². The molecule has 0 aliphatic carbocycles. The number of nitrogens with zero attached hydrogens (tertiary/aromatic N) is 1. The summed E-state index contributed by atoms with van der Waals surface area (Å²) in [5.74, 6) is 0. The van der Waals surface area contributed by atoms with Gasteiger partial charge in [-0.1, -0.05) is 59.7 Å². The molecule has 0 spiro atoms. The van der Waals surface area contributed by atoms with Crippen LogP contribution in [0.4, 0.5) is 0 Å². The molecule has 2 aromatic carbocycles. The molecule has 1 atom stereocenters. The van der Waals surface area contributed by atoms with Crippen LogP contribution >= 0.6 is 0 Å². The Morgan fingerprint density at radius 2 is 1.70 bits per heavy atom. The van der Waals surface area contributed by atoms with Crippen molar-refractivity contribution in [2.24, 2.45) is 5.73 Å². The van der Waals surface area contributed by atoms with Crippen molar-refractivity contribution >= 4 is 0 Å². The Labute approximate surface area is 122 Å². The number of rotatable bonds is 5. The van der Waals surface area contributed by atoms with Crippen LogP contribution in [0.3, 0.4) is 0 Å². The molecule has 1 unspecified atom stereocenters. The maximum Gasteiger partial charge on any atom is 0.0424 e. The van der Waals surface area contributed by atoms with Crippen LogP contribution in [0.15, 0.2) is 48.5 Å². The van der Waals surface area contributed by atoms with Gasteiger partial charge in [-0.3, -0.25) is 0 Å². The van der Waals surface area contributed by atoms with Crippen molar-refractivity contribution < 1.29 is 0 Å². The smallest absolute Gasteiger partial charge is 0.0424 e. The Hall–Kier alpha value is -1.64. The minimum Gasteiger partial charge on any atom is -0.323 e. The topological polar surface area (TPSA) is 29.3 Å². The van der Waals surface area contributed by atoms with Crippen molar-refractivity contribution in [3.05, 3.63) is 70.8 Å². The lowest BCUT2D eigenvalue weighted by atomic mass is 10.1. The Morgan fingerprint density at radius 1 is 1.00 bits per heavy atom. The van der Waals surface area contributed by atoms with E-state index in [4.69, 9.17) is 5.73 Å². The quantitative estimate of drug-likeness (QED) is 0.900. The van der Waals surface area contributed by atoms with Gasteiger partial charge in [0.05, 0.1) is 0 Å². The second-order valence-corrected chi connectivity index (χ2v) is 5.70. The molecular formula is C18H24N2. The zero-order chi connectivity index (χ0) is 14.5. The van der Waals surface area contributed by atoms with Crippen molar-refractivity contribution in [2.45, 2.75) is 26.4 Å². The van der Waals surface area contributed by atoms with E-state index >= 15 is 0 Å². The molecule has 0 bridgehead atoms. The largest absolute Gasteiger partial charge is 0.323 e. The van der Waals surface area contributed by atoms with Gasteiger partial charge in [-0.15, -0.1) is 0 Å². The van der Waals surface area contributed by atoms with Gasteiger partial charge in [-0.05, 0) is 32.0 Å². The van der Waals surface area contributed by atoms with Crippen molar-refractivity contribution in [3.8, 4) is 0 Å². The van der Waals surface area contributed by atoms with E-state index in [9.17, 15) is 0 Å². The normalized spacial score (nSPS) is 12.7. The lowest BCUT2D eigenvalue weighted by Crippen LogP contribution is -2.28. The Morgan fingerprint density at radius 3 is 2.35 bits per heavy atom. The minimum atomic E-state index is 0.0606. The van der Waals surface area contributed by atoms with E-state index in [1.807, 2.05) is 0 Å². The van der Waals surface area contributed by atoms with Gasteiger partial charge in [-0.25, -0.2) is 0 Å². The van der Waals surface area contributed by atoms with Gasteiger partial charge in [-0.2, -0.15) is 0 Å². The fraction of sp³-hybridized carbons (Fsp3) is 0.333. The maximum absolute atomic E-state index is 6.29. The lowest BCUT2D eigenvalue weighted by Gasteiger charge is -2.22. The van der Waals surface area contributed by atoms with E-state index < -0.39 is 0 Å². The third-order valence-corrected chi connectivity index (χ3v) is 3.55. The van der Waals surface area contributed by atoms with Crippen LogP contribution < -0.4 is 5.73 Å². The number of hydrogen-bond acceptors (Lipinski definition) is 2. The van der Waals surface area contributed by atoms with Gasteiger partial charge in [0.25, 0.3) is 0 Å². The van der Waals surface area contributed by atoms with Crippen LogP contribution in [-0.4, -0.2) is 18.5 Å². The van der Waals surface area contributed by atoms with Crippen LogP contribution in [0.25, 0.3) is 0 Å². The Balaban J connectivity index is 1.93. The van der Waals surface area contributed by atoms with Gasteiger partial charge in [0.2, 0.25) is 0 Å². The van der Waals surface area contributed by atoms with Crippen LogP contribution in [0.2, 0.25) is 0 Å². The molecule has 0 heterocycles. The lowest BCUT2D eigenvalue weighted by molar-refractivity contribution is 0.305. The molecule has 2 rings (SSSR count). The van der Waals surface area contributed by atoms with Gasteiger partial charge < -0.3 is 10.6 Å². The number of nitrogens with two attached hydrogens (primary N) is 1. The summed E-state index contributed by atoms with van der Waals surface area (Å²) in [6.45, 7) is 6.01. The second kappa shape index (κ2) is 6.69. The molecular weight excluding hydrogens is 244 g/mol. The molecule has 2 nitrogen and oxygen atoms in total. The van der Waals surface area contributed by atoms with E-state index in [1.54, 1.807) is 0 Å². The minimum absolute atomic E-state index is 0.0606. The first-order valence-corrected chi connectivity index (χ1v) is 7.11. The molecule has 20 heavy (non-hydrogen) atoms. The standard InChI is InChI=1S/C18H24N2/c1-14-7-9-17(10-8-14)18(19)13-20(3)12-16-6-4-5-15(2)11-16/h4-11,18H,12-13,19H2,1-3H3. The first-order valence-electron chi connectivity index (χ1n) is 7.11. The van der Waals surface area contributed by atoms with E-state index in [0.717, 1.165) is 13.1 Å². The van der Waals surface area contributed by atoms with Crippen molar-refractivity contribution in [1.82, 2.24) is 4.90 Å². The predicted molar refractivity (Wildman–Crippen MR) is 85.6 cm³/mol. The van der Waals surface area contributed by atoms with Crippen LogP contribution in [-0.2, 0) is 6.54 Å². The third-order valence-electron chi connectivity index (χ3n) is 3.55. The zero-order valence-electron chi connectivity index (χ0n) is 12.6. The first kappa shape index (κ1) is 14.8.